The molecule has 0 aromatic heterocycles. The van der Waals surface area contributed by atoms with Crippen LogP contribution in [0.4, 0.5) is 0 Å². The van der Waals surface area contributed by atoms with Crippen molar-refractivity contribution in [1.29, 1.82) is 0 Å². The van der Waals surface area contributed by atoms with Gasteiger partial charge >= 0.3 is 0 Å². The summed E-state index contributed by atoms with van der Waals surface area (Å²) < 4.78 is 0. The molecule has 88 valence electrons. The maximum atomic E-state index is 9.57. The van der Waals surface area contributed by atoms with Gasteiger partial charge in [0, 0.05) is 19.0 Å². The highest BCUT2D eigenvalue weighted by Crippen LogP contribution is 2.37. The average molecular weight is 229 g/mol. The number of aromatic hydroxyl groups is 2. The fourth-order valence-electron chi connectivity index (χ4n) is 2.63. The first-order valence-electron chi connectivity index (χ1n) is 5.87. The molecule has 0 saturated heterocycles. The fourth-order valence-corrected chi connectivity index (χ4v) is 2.63. The monoisotopic (exact) mass is 229 g/mol. The summed E-state index contributed by atoms with van der Waals surface area (Å²) in [6.45, 7) is 1.84. The van der Waals surface area contributed by atoms with Crippen molar-refractivity contribution in [1.82, 2.24) is 5.32 Å². The van der Waals surface area contributed by atoms with Gasteiger partial charge in [0.25, 0.3) is 0 Å². The molecule has 1 aromatic carbocycles. The van der Waals surface area contributed by atoms with E-state index in [1.54, 1.807) is 12.1 Å². The molecule has 3 heteroatoms. The van der Waals surface area contributed by atoms with Gasteiger partial charge in [-0.3, -0.25) is 0 Å². The summed E-state index contributed by atoms with van der Waals surface area (Å²) in [6.07, 6.45) is 5.40. The first kappa shape index (κ1) is 10.4. The lowest BCUT2D eigenvalue weighted by atomic mass is 9.86. The third kappa shape index (κ3) is 1.72. The number of nitrogens with one attached hydrogen (secondary N) is 1. The second-order valence-corrected chi connectivity index (χ2v) is 4.60. The van der Waals surface area contributed by atoms with E-state index < -0.39 is 0 Å². The number of hydrogen-bond acceptors (Lipinski definition) is 3. The van der Waals surface area contributed by atoms with E-state index in [4.69, 9.17) is 0 Å². The Bertz CT molecular complexity index is 517. The van der Waals surface area contributed by atoms with Gasteiger partial charge in [-0.2, -0.15) is 0 Å². The first-order valence-corrected chi connectivity index (χ1v) is 5.87. The number of allylic oxidation sites excluding steroid dienone is 2. The number of rotatable bonds is 1. The number of hydrogen-bond donors (Lipinski definition) is 3. The number of phenols is 2. The van der Waals surface area contributed by atoms with Crippen LogP contribution >= 0.6 is 0 Å². The van der Waals surface area contributed by atoms with E-state index in [9.17, 15) is 10.2 Å². The van der Waals surface area contributed by atoms with Crippen molar-refractivity contribution >= 4 is 0 Å². The van der Waals surface area contributed by atoms with Gasteiger partial charge in [0.05, 0.1) is 0 Å². The van der Waals surface area contributed by atoms with Crippen molar-refractivity contribution in [3.05, 3.63) is 47.1 Å². The van der Waals surface area contributed by atoms with Crippen LogP contribution in [0.5, 0.6) is 11.5 Å². The van der Waals surface area contributed by atoms with Gasteiger partial charge in [-0.05, 0) is 35.3 Å². The molecule has 17 heavy (non-hydrogen) atoms. The predicted molar refractivity (Wildman–Crippen MR) is 66.2 cm³/mol. The molecule has 3 rings (SSSR count). The van der Waals surface area contributed by atoms with E-state index in [1.165, 1.54) is 11.1 Å². The highest BCUT2D eigenvalue weighted by atomic mass is 16.3. The lowest BCUT2D eigenvalue weighted by Gasteiger charge is -2.26. The quantitative estimate of drug-likeness (QED) is 0.646. The minimum Gasteiger partial charge on any atom is -0.504 e. The highest BCUT2D eigenvalue weighted by Gasteiger charge is 2.24. The molecule has 3 N–H and O–H groups in total. The normalized spacial score (nSPS) is 22.9. The summed E-state index contributed by atoms with van der Waals surface area (Å²) in [5, 5.41) is 22.3. The van der Waals surface area contributed by atoms with Crippen LogP contribution in [-0.4, -0.2) is 23.3 Å². The topological polar surface area (TPSA) is 52.5 Å². The zero-order valence-corrected chi connectivity index (χ0v) is 9.48. The molecule has 1 atom stereocenters. The molecule has 0 fully saturated rings. The van der Waals surface area contributed by atoms with E-state index in [2.05, 4.69) is 17.5 Å². The summed E-state index contributed by atoms with van der Waals surface area (Å²) in [7, 11) is 0. The minimum atomic E-state index is -0.0614. The van der Waals surface area contributed by atoms with Gasteiger partial charge in [0.1, 0.15) is 0 Å². The molecule has 0 amide bonds. The lowest BCUT2D eigenvalue weighted by molar-refractivity contribution is 0.402. The molecule has 3 nitrogen and oxygen atoms in total. The highest BCUT2D eigenvalue weighted by molar-refractivity contribution is 5.49. The van der Waals surface area contributed by atoms with Gasteiger partial charge in [0.2, 0.25) is 0 Å². The molecular formula is C14H15NO2. The standard InChI is InChI=1S/C14H15NO2/c16-13-5-4-9(6-14(13)17)12-8-15-7-10-2-1-3-11(10)12/h1,3-6,12,15-17H,2,7-8H2/t12-/m1/s1. The molecule has 1 aliphatic heterocycles. The average Bonchev–Trinajstić information content (AvgIpc) is 2.80. The van der Waals surface area contributed by atoms with Crippen LogP contribution in [0.15, 0.2) is 41.5 Å². The van der Waals surface area contributed by atoms with Gasteiger partial charge < -0.3 is 15.5 Å². The van der Waals surface area contributed by atoms with Crippen LogP contribution in [0.25, 0.3) is 0 Å². The SMILES string of the molecule is Oc1ccc([C@H]2CNCC3=C2C=CC3)cc1O. The molecule has 1 aromatic rings. The van der Waals surface area contributed by atoms with E-state index in [1.807, 2.05) is 6.07 Å². The molecule has 0 unspecified atom stereocenters. The predicted octanol–water partition coefficient (Wildman–Crippen LogP) is 2.04. The molecular weight excluding hydrogens is 214 g/mol. The third-order valence-corrected chi connectivity index (χ3v) is 3.53. The molecule has 1 heterocycles. The Morgan fingerprint density at radius 1 is 1.18 bits per heavy atom. The summed E-state index contributed by atoms with van der Waals surface area (Å²) >= 11 is 0. The zero-order valence-electron chi connectivity index (χ0n) is 9.48. The van der Waals surface area contributed by atoms with Crippen LogP contribution in [0.1, 0.15) is 17.9 Å². The van der Waals surface area contributed by atoms with Crippen molar-refractivity contribution in [2.24, 2.45) is 0 Å². The van der Waals surface area contributed by atoms with Crippen molar-refractivity contribution in [2.45, 2.75) is 12.3 Å². The maximum Gasteiger partial charge on any atom is 0.157 e. The Morgan fingerprint density at radius 3 is 2.88 bits per heavy atom. The Kier molecular flexibility index (Phi) is 2.41. The second kappa shape index (κ2) is 3.93. The van der Waals surface area contributed by atoms with Gasteiger partial charge in [0.15, 0.2) is 11.5 Å². The second-order valence-electron chi connectivity index (χ2n) is 4.60. The van der Waals surface area contributed by atoms with E-state index >= 15 is 0 Å². The minimum absolute atomic E-state index is 0.0443. The lowest BCUT2D eigenvalue weighted by Crippen LogP contribution is -2.29. The first-order chi connectivity index (χ1) is 8.25. The van der Waals surface area contributed by atoms with Crippen LogP contribution in [0.2, 0.25) is 0 Å². The number of benzene rings is 1. The fraction of sp³-hybridized carbons (Fsp3) is 0.286. The third-order valence-electron chi connectivity index (χ3n) is 3.53. The largest absolute Gasteiger partial charge is 0.504 e. The van der Waals surface area contributed by atoms with Crippen LogP contribution in [0, 0.1) is 0 Å². The van der Waals surface area contributed by atoms with Crippen molar-refractivity contribution in [2.75, 3.05) is 13.1 Å². The molecule has 0 spiro atoms. The summed E-state index contributed by atoms with van der Waals surface area (Å²) in [6, 6.07) is 5.09. The van der Waals surface area contributed by atoms with E-state index in [-0.39, 0.29) is 17.4 Å². The summed E-state index contributed by atoms with van der Waals surface area (Å²) in [5.74, 6) is 0.176. The molecule has 1 aliphatic carbocycles. The Balaban J connectivity index is 2.00. The van der Waals surface area contributed by atoms with Crippen LogP contribution in [0.3, 0.4) is 0 Å². The van der Waals surface area contributed by atoms with Crippen molar-refractivity contribution in [3.8, 4) is 11.5 Å². The molecule has 0 radical (unpaired) electrons. The smallest absolute Gasteiger partial charge is 0.157 e. The summed E-state index contributed by atoms with van der Waals surface area (Å²) in [5.41, 5.74) is 3.86. The van der Waals surface area contributed by atoms with Gasteiger partial charge in [-0.25, -0.2) is 0 Å². The maximum absolute atomic E-state index is 9.57. The van der Waals surface area contributed by atoms with Gasteiger partial charge in [-0.15, -0.1) is 0 Å². The van der Waals surface area contributed by atoms with Crippen LogP contribution in [-0.2, 0) is 0 Å². The molecule has 0 bridgehead atoms. The van der Waals surface area contributed by atoms with Crippen molar-refractivity contribution in [3.63, 3.8) is 0 Å². The van der Waals surface area contributed by atoms with E-state index in [0.717, 1.165) is 25.1 Å². The Labute approximate surface area is 100 Å². The van der Waals surface area contributed by atoms with Gasteiger partial charge in [-0.1, -0.05) is 18.2 Å². The van der Waals surface area contributed by atoms with E-state index in [0.29, 0.717) is 0 Å². The molecule has 2 aliphatic rings. The summed E-state index contributed by atoms with van der Waals surface area (Å²) in [4.78, 5) is 0. The van der Waals surface area contributed by atoms with Crippen molar-refractivity contribution < 1.29 is 10.2 Å². The number of phenolic OH excluding ortho intramolecular Hbond substituents is 2. The Morgan fingerprint density at radius 2 is 2.06 bits per heavy atom. The Hall–Kier alpha value is -1.74. The van der Waals surface area contributed by atoms with Crippen LogP contribution < -0.4 is 5.32 Å². The molecule has 0 saturated carbocycles. The zero-order chi connectivity index (χ0) is 11.8.